The van der Waals surface area contributed by atoms with Crippen LogP contribution in [0.5, 0.6) is 5.75 Å². The molecule has 1 heterocycles. The van der Waals surface area contributed by atoms with Crippen LogP contribution in [0.2, 0.25) is 0 Å². The molecule has 100 valence electrons. The lowest BCUT2D eigenvalue weighted by Gasteiger charge is -2.10. The van der Waals surface area contributed by atoms with Crippen LogP contribution in [0, 0.1) is 0 Å². The number of ether oxygens (including phenoxy) is 1. The minimum absolute atomic E-state index is 0.0612. The van der Waals surface area contributed by atoms with E-state index in [1.807, 2.05) is 6.92 Å². The second-order valence-electron chi connectivity index (χ2n) is 3.67. The van der Waals surface area contributed by atoms with E-state index in [2.05, 4.69) is 20.0 Å². The first kappa shape index (κ1) is 13.2. The summed E-state index contributed by atoms with van der Waals surface area (Å²) in [4.78, 5) is 8.34. The van der Waals surface area contributed by atoms with Crippen molar-refractivity contribution in [2.24, 2.45) is 0 Å². The molecule has 1 aromatic heterocycles. The van der Waals surface area contributed by atoms with Gasteiger partial charge in [-0.1, -0.05) is 12.1 Å². The van der Waals surface area contributed by atoms with Gasteiger partial charge in [0.1, 0.15) is 11.6 Å². The van der Waals surface area contributed by atoms with Crippen LogP contribution in [-0.4, -0.2) is 23.1 Å². The van der Waals surface area contributed by atoms with E-state index in [1.54, 1.807) is 30.5 Å². The van der Waals surface area contributed by atoms with E-state index < -0.39 is 6.61 Å². The van der Waals surface area contributed by atoms with Gasteiger partial charge >= 0.3 is 6.61 Å². The zero-order valence-electron chi connectivity index (χ0n) is 10.3. The molecule has 1 N–H and O–H groups in total. The number of halogens is 2. The summed E-state index contributed by atoms with van der Waals surface area (Å²) in [6.45, 7) is -0.223. The van der Waals surface area contributed by atoms with Gasteiger partial charge in [-0.3, -0.25) is 0 Å². The average Bonchev–Trinajstić information content (AvgIpc) is 2.39. The van der Waals surface area contributed by atoms with Crippen LogP contribution in [0.4, 0.5) is 14.6 Å². The second kappa shape index (κ2) is 6.08. The third-order valence-electron chi connectivity index (χ3n) is 2.36. The molecule has 0 aliphatic rings. The first-order valence-electron chi connectivity index (χ1n) is 5.82. The highest BCUT2D eigenvalue weighted by Crippen LogP contribution is 2.28. The Morgan fingerprint density at radius 2 is 2.05 bits per heavy atom. The molecule has 0 spiro atoms. The fraction of sp³-hybridized carbons (Fsp3) is 0.231. The Bertz CT molecular complexity index is 549. The van der Waals surface area contributed by atoms with Crippen LogP contribution in [-0.2, 0) is 0 Å². The first-order chi connectivity index (χ1) is 9.20. The van der Waals surface area contributed by atoms with Crippen LogP contribution < -0.4 is 10.1 Å². The van der Waals surface area contributed by atoms with Crippen molar-refractivity contribution >= 4 is 5.82 Å². The number of hydrogen-bond acceptors (Lipinski definition) is 4. The molecule has 0 amide bonds. The van der Waals surface area contributed by atoms with Crippen molar-refractivity contribution < 1.29 is 13.5 Å². The summed E-state index contributed by atoms with van der Waals surface area (Å²) >= 11 is 0. The molecular formula is C13H13F2N3O. The Kier molecular flexibility index (Phi) is 4.22. The molecule has 0 aliphatic heterocycles. The summed E-state index contributed by atoms with van der Waals surface area (Å²) in [5, 5.41) is 3.04. The number of para-hydroxylation sites is 1. The monoisotopic (exact) mass is 265 g/mol. The zero-order chi connectivity index (χ0) is 13.7. The summed E-state index contributed by atoms with van der Waals surface area (Å²) in [6.07, 6.45) is 1.57. The third kappa shape index (κ3) is 3.37. The summed E-state index contributed by atoms with van der Waals surface area (Å²) < 4.78 is 29.1. The number of hydrogen-bond donors (Lipinski definition) is 1. The standard InChI is InChI=1S/C13H13F2N3O/c1-2-16-11-7-8-17-12(18-11)9-5-3-4-6-10(9)19-13(14)15/h3-8,13H,2H2,1H3,(H,16,17,18). The van der Waals surface area contributed by atoms with Gasteiger partial charge in [0.2, 0.25) is 0 Å². The lowest BCUT2D eigenvalue weighted by molar-refractivity contribution is -0.0494. The van der Waals surface area contributed by atoms with E-state index >= 15 is 0 Å². The molecule has 2 rings (SSSR count). The first-order valence-corrected chi connectivity index (χ1v) is 5.82. The Hall–Kier alpha value is -2.24. The molecule has 0 bridgehead atoms. The van der Waals surface area contributed by atoms with Gasteiger partial charge in [-0.05, 0) is 25.1 Å². The van der Waals surface area contributed by atoms with Crippen molar-refractivity contribution in [1.29, 1.82) is 0 Å². The second-order valence-corrected chi connectivity index (χ2v) is 3.67. The predicted octanol–water partition coefficient (Wildman–Crippen LogP) is 3.18. The molecule has 0 saturated carbocycles. The fourth-order valence-corrected chi connectivity index (χ4v) is 1.62. The quantitative estimate of drug-likeness (QED) is 0.902. The molecule has 1 aromatic carbocycles. The van der Waals surface area contributed by atoms with E-state index in [0.717, 1.165) is 0 Å². The van der Waals surface area contributed by atoms with Crippen LogP contribution >= 0.6 is 0 Å². The number of nitrogens with one attached hydrogen (secondary N) is 1. The van der Waals surface area contributed by atoms with Crippen molar-refractivity contribution in [2.75, 3.05) is 11.9 Å². The van der Waals surface area contributed by atoms with Crippen LogP contribution in [0.25, 0.3) is 11.4 Å². The van der Waals surface area contributed by atoms with Gasteiger partial charge in [-0.25, -0.2) is 9.97 Å². The summed E-state index contributed by atoms with van der Waals surface area (Å²) in [6, 6.07) is 8.16. The Balaban J connectivity index is 2.37. The molecular weight excluding hydrogens is 252 g/mol. The topological polar surface area (TPSA) is 47.0 Å². The van der Waals surface area contributed by atoms with Gasteiger partial charge in [0.25, 0.3) is 0 Å². The zero-order valence-corrected chi connectivity index (χ0v) is 10.3. The minimum Gasteiger partial charge on any atom is -0.434 e. The minimum atomic E-state index is -2.88. The molecule has 0 unspecified atom stereocenters. The van der Waals surface area contributed by atoms with Gasteiger partial charge in [-0.2, -0.15) is 8.78 Å². The van der Waals surface area contributed by atoms with Crippen molar-refractivity contribution in [3.8, 4) is 17.1 Å². The Morgan fingerprint density at radius 1 is 1.26 bits per heavy atom. The SMILES string of the molecule is CCNc1ccnc(-c2ccccc2OC(F)F)n1. The smallest absolute Gasteiger partial charge is 0.387 e. The van der Waals surface area contributed by atoms with Crippen LogP contribution in [0.3, 0.4) is 0 Å². The van der Waals surface area contributed by atoms with Gasteiger partial charge in [0, 0.05) is 12.7 Å². The van der Waals surface area contributed by atoms with Gasteiger partial charge in [0.15, 0.2) is 5.82 Å². The van der Waals surface area contributed by atoms with Crippen LogP contribution in [0.15, 0.2) is 36.5 Å². The highest BCUT2D eigenvalue weighted by atomic mass is 19.3. The van der Waals surface area contributed by atoms with Gasteiger partial charge in [0.05, 0.1) is 5.56 Å². The molecule has 19 heavy (non-hydrogen) atoms. The number of alkyl halides is 2. The number of rotatable bonds is 5. The molecule has 0 aliphatic carbocycles. The third-order valence-corrected chi connectivity index (χ3v) is 2.36. The van der Waals surface area contributed by atoms with Crippen molar-refractivity contribution in [3.63, 3.8) is 0 Å². The van der Waals surface area contributed by atoms with Gasteiger partial charge < -0.3 is 10.1 Å². The van der Waals surface area contributed by atoms with E-state index in [-0.39, 0.29) is 5.75 Å². The molecule has 0 radical (unpaired) electrons. The highest BCUT2D eigenvalue weighted by molar-refractivity contribution is 5.65. The van der Waals surface area contributed by atoms with E-state index in [4.69, 9.17) is 0 Å². The molecule has 6 heteroatoms. The maximum absolute atomic E-state index is 12.3. The van der Waals surface area contributed by atoms with E-state index in [1.165, 1.54) is 6.07 Å². The lowest BCUT2D eigenvalue weighted by atomic mass is 10.2. The largest absolute Gasteiger partial charge is 0.434 e. The van der Waals surface area contributed by atoms with Crippen molar-refractivity contribution in [2.45, 2.75) is 13.5 Å². The average molecular weight is 265 g/mol. The predicted molar refractivity (Wildman–Crippen MR) is 68.3 cm³/mol. The van der Waals surface area contributed by atoms with Crippen molar-refractivity contribution in [1.82, 2.24) is 9.97 Å². The molecule has 0 fully saturated rings. The van der Waals surface area contributed by atoms with Crippen molar-refractivity contribution in [3.05, 3.63) is 36.5 Å². The number of anilines is 1. The molecule has 0 atom stereocenters. The summed E-state index contributed by atoms with van der Waals surface area (Å²) in [5.74, 6) is 1.04. The molecule has 2 aromatic rings. The summed E-state index contributed by atoms with van der Waals surface area (Å²) in [5.41, 5.74) is 0.433. The lowest BCUT2D eigenvalue weighted by Crippen LogP contribution is -2.05. The van der Waals surface area contributed by atoms with Gasteiger partial charge in [-0.15, -0.1) is 0 Å². The van der Waals surface area contributed by atoms with E-state index in [0.29, 0.717) is 23.8 Å². The maximum atomic E-state index is 12.3. The Morgan fingerprint density at radius 3 is 2.79 bits per heavy atom. The molecule has 0 saturated heterocycles. The number of benzene rings is 1. The normalized spacial score (nSPS) is 10.5. The molecule has 4 nitrogen and oxygen atoms in total. The Labute approximate surface area is 109 Å². The highest BCUT2D eigenvalue weighted by Gasteiger charge is 2.12. The van der Waals surface area contributed by atoms with Crippen LogP contribution in [0.1, 0.15) is 6.92 Å². The summed E-state index contributed by atoms with van der Waals surface area (Å²) in [7, 11) is 0. The fourth-order valence-electron chi connectivity index (χ4n) is 1.62. The number of aromatic nitrogens is 2. The maximum Gasteiger partial charge on any atom is 0.387 e. The van der Waals surface area contributed by atoms with E-state index in [9.17, 15) is 8.78 Å². The number of nitrogens with zero attached hydrogens (tertiary/aromatic N) is 2.